The van der Waals surface area contributed by atoms with Gasteiger partial charge in [-0.25, -0.2) is 0 Å². The van der Waals surface area contributed by atoms with Gasteiger partial charge in [0.25, 0.3) is 0 Å². The molecule has 5 heteroatoms. The van der Waals surface area contributed by atoms with Crippen molar-refractivity contribution in [3.05, 3.63) is 18.0 Å². The topological polar surface area (TPSA) is 47.4 Å². The van der Waals surface area contributed by atoms with Crippen LogP contribution in [0, 0.1) is 6.92 Å². The van der Waals surface area contributed by atoms with Gasteiger partial charge in [0.1, 0.15) is 0 Å². The van der Waals surface area contributed by atoms with Gasteiger partial charge in [0.05, 0.1) is 12.3 Å². The van der Waals surface area contributed by atoms with E-state index in [1.807, 2.05) is 35.8 Å². The normalized spacial score (nSPS) is 16.8. The number of aromatic nitrogens is 2. The number of aryl methyl sites for hydroxylation is 2. The number of hydrogen-bond acceptors (Lipinski definition) is 3. The molecule has 0 spiro atoms. The van der Waals surface area contributed by atoms with Gasteiger partial charge in [-0.3, -0.25) is 9.48 Å². The van der Waals surface area contributed by atoms with Crippen molar-refractivity contribution in [1.29, 1.82) is 0 Å². The number of likely N-dealkylation sites (tertiary alicyclic amines) is 1. The zero-order valence-electron chi connectivity index (χ0n) is 11.8. The van der Waals surface area contributed by atoms with Crippen LogP contribution in [0.4, 0.5) is 0 Å². The quantitative estimate of drug-likeness (QED) is 0.812. The molecule has 0 unspecified atom stereocenters. The number of nitrogens with zero attached hydrogens (tertiary/aromatic N) is 3. The molecule has 5 nitrogen and oxygen atoms in total. The van der Waals surface area contributed by atoms with Gasteiger partial charge >= 0.3 is 0 Å². The van der Waals surface area contributed by atoms with Gasteiger partial charge in [0.15, 0.2) is 0 Å². The minimum atomic E-state index is 0.225. The second-order valence-electron chi connectivity index (χ2n) is 5.07. The van der Waals surface area contributed by atoms with Gasteiger partial charge in [-0.15, -0.1) is 0 Å². The summed E-state index contributed by atoms with van der Waals surface area (Å²) in [7, 11) is 0. The predicted molar refractivity (Wildman–Crippen MR) is 72.8 cm³/mol. The lowest BCUT2D eigenvalue weighted by Gasteiger charge is -2.31. The molecule has 0 radical (unpaired) electrons. The molecule has 1 aliphatic heterocycles. The Hall–Kier alpha value is -1.36. The monoisotopic (exact) mass is 265 g/mol. The standard InChI is InChI=1S/C14H23N3O2/c1-3-19-13-4-7-16(8-5-13)14(18)6-9-17-11-12(2)10-15-17/h10-11,13H,3-9H2,1-2H3. The Morgan fingerprint density at radius 2 is 2.21 bits per heavy atom. The molecule has 0 aliphatic carbocycles. The summed E-state index contributed by atoms with van der Waals surface area (Å²) >= 11 is 0. The van der Waals surface area contributed by atoms with E-state index in [9.17, 15) is 4.79 Å². The third-order valence-electron chi connectivity index (χ3n) is 3.51. The lowest BCUT2D eigenvalue weighted by atomic mass is 10.1. The second-order valence-corrected chi connectivity index (χ2v) is 5.07. The van der Waals surface area contributed by atoms with Crippen LogP contribution in [0.25, 0.3) is 0 Å². The first-order valence-electron chi connectivity index (χ1n) is 7.07. The van der Waals surface area contributed by atoms with Crippen LogP contribution in [-0.2, 0) is 16.1 Å². The maximum atomic E-state index is 12.1. The van der Waals surface area contributed by atoms with E-state index in [2.05, 4.69) is 5.10 Å². The first kappa shape index (κ1) is 14.1. The smallest absolute Gasteiger partial charge is 0.224 e. The Balaban J connectivity index is 1.72. The molecule has 1 saturated heterocycles. The maximum absolute atomic E-state index is 12.1. The molecule has 1 fully saturated rings. The highest BCUT2D eigenvalue weighted by atomic mass is 16.5. The highest BCUT2D eigenvalue weighted by Crippen LogP contribution is 2.14. The zero-order valence-corrected chi connectivity index (χ0v) is 11.8. The Kier molecular flexibility index (Phi) is 4.96. The van der Waals surface area contributed by atoms with E-state index in [1.165, 1.54) is 0 Å². The first-order valence-corrected chi connectivity index (χ1v) is 7.07. The van der Waals surface area contributed by atoms with E-state index in [1.54, 1.807) is 0 Å². The van der Waals surface area contributed by atoms with Gasteiger partial charge < -0.3 is 9.64 Å². The summed E-state index contributed by atoms with van der Waals surface area (Å²) in [6.45, 7) is 7.09. The van der Waals surface area contributed by atoms with Crippen molar-refractivity contribution in [2.75, 3.05) is 19.7 Å². The van der Waals surface area contributed by atoms with E-state index >= 15 is 0 Å². The summed E-state index contributed by atoms with van der Waals surface area (Å²) in [5.74, 6) is 0.225. The van der Waals surface area contributed by atoms with Gasteiger partial charge in [0.2, 0.25) is 5.91 Å². The van der Waals surface area contributed by atoms with Gasteiger partial charge in [-0.05, 0) is 32.3 Å². The van der Waals surface area contributed by atoms with Gasteiger partial charge in [-0.1, -0.05) is 0 Å². The number of rotatable bonds is 5. The molecule has 0 aromatic carbocycles. The lowest BCUT2D eigenvalue weighted by Crippen LogP contribution is -2.41. The summed E-state index contributed by atoms with van der Waals surface area (Å²) in [6, 6.07) is 0. The number of piperidine rings is 1. The Labute approximate surface area is 114 Å². The minimum Gasteiger partial charge on any atom is -0.378 e. The fourth-order valence-corrected chi connectivity index (χ4v) is 2.47. The number of hydrogen-bond donors (Lipinski definition) is 0. The minimum absolute atomic E-state index is 0.225. The average Bonchev–Trinajstić information content (AvgIpc) is 2.83. The Morgan fingerprint density at radius 1 is 1.47 bits per heavy atom. The number of carbonyl (C=O) groups excluding carboxylic acids is 1. The summed E-state index contributed by atoms with van der Waals surface area (Å²) in [5, 5.41) is 4.20. The molecular formula is C14H23N3O2. The van der Waals surface area contributed by atoms with Crippen molar-refractivity contribution >= 4 is 5.91 Å². The molecule has 1 aromatic rings. The predicted octanol–water partition coefficient (Wildman–Crippen LogP) is 1.61. The Bertz CT molecular complexity index is 409. The highest BCUT2D eigenvalue weighted by Gasteiger charge is 2.22. The number of amides is 1. The molecule has 2 heterocycles. The molecule has 0 N–H and O–H groups in total. The largest absolute Gasteiger partial charge is 0.378 e. The fraction of sp³-hybridized carbons (Fsp3) is 0.714. The van der Waals surface area contributed by atoms with Crippen LogP contribution in [0.15, 0.2) is 12.4 Å². The van der Waals surface area contributed by atoms with Crippen LogP contribution in [0.3, 0.4) is 0 Å². The van der Waals surface area contributed by atoms with Gasteiger partial charge in [-0.2, -0.15) is 5.10 Å². The van der Waals surface area contributed by atoms with Crippen molar-refractivity contribution in [2.45, 2.75) is 45.8 Å². The fourth-order valence-electron chi connectivity index (χ4n) is 2.47. The summed E-state index contributed by atoms with van der Waals surface area (Å²) in [5.41, 5.74) is 1.13. The van der Waals surface area contributed by atoms with Crippen LogP contribution in [0.1, 0.15) is 31.7 Å². The van der Waals surface area contributed by atoms with Crippen LogP contribution in [0.5, 0.6) is 0 Å². The molecule has 1 aromatic heterocycles. The van der Waals surface area contributed by atoms with E-state index in [-0.39, 0.29) is 5.91 Å². The number of ether oxygens (including phenoxy) is 1. The van der Waals surface area contributed by atoms with Crippen LogP contribution >= 0.6 is 0 Å². The second kappa shape index (κ2) is 6.70. The third kappa shape index (κ3) is 4.06. The molecule has 1 aliphatic rings. The lowest BCUT2D eigenvalue weighted by molar-refractivity contribution is -0.134. The average molecular weight is 265 g/mol. The van der Waals surface area contributed by atoms with Gasteiger partial charge in [0, 0.05) is 38.9 Å². The molecular weight excluding hydrogens is 242 g/mol. The maximum Gasteiger partial charge on any atom is 0.224 e. The van der Waals surface area contributed by atoms with Crippen molar-refractivity contribution in [1.82, 2.24) is 14.7 Å². The van der Waals surface area contributed by atoms with Crippen molar-refractivity contribution < 1.29 is 9.53 Å². The molecule has 0 atom stereocenters. The molecule has 2 rings (SSSR count). The third-order valence-corrected chi connectivity index (χ3v) is 3.51. The van der Waals surface area contributed by atoms with E-state index < -0.39 is 0 Å². The summed E-state index contributed by atoms with van der Waals surface area (Å²) < 4.78 is 7.42. The van der Waals surface area contributed by atoms with Crippen molar-refractivity contribution in [3.63, 3.8) is 0 Å². The zero-order chi connectivity index (χ0) is 13.7. The molecule has 19 heavy (non-hydrogen) atoms. The van der Waals surface area contributed by atoms with Crippen molar-refractivity contribution in [2.24, 2.45) is 0 Å². The van der Waals surface area contributed by atoms with E-state index in [0.29, 0.717) is 19.1 Å². The van der Waals surface area contributed by atoms with E-state index in [4.69, 9.17) is 4.74 Å². The van der Waals surface area contributed by atoms with E-state index in [0.717, 1.165) is 38.1 Å². The van der Waals surface area contributed by atoms with Crippen LogP contribution in [-0.4, -0.2) is 46.4 Å². The van der Waals surface area contributed by atoms with Crippen LogP contribution < -0.4 is 0 Å². The summed E-state index contributed by atoms with van der Waals surface area (Å²) in [4.78, 5) is 14.0. The molecule has 0 bridgehead atoms. The Morgan fingerprint density at radius 3 is 2.79 bits per heavy atom. The highest BCUT2D eigenvalue weighted by molar-refractivity contribution is 5.76. The SMILES string of the molecule is CCOC1CCN(C(=O)CCn2cc(C)cn2)CC1. The summed E-state index contributed by atoms with van der Waals surface area (Å²) in [6.07, 6.45) is 6.57. The molecule has 0 saturated carbocycles. The number of carbonyl (C=O) groups is 1. The van der Waals surface area contributed by atoms with Crippen molar-refractivity contribution in [3.8, 4) is 0 Å². The van der Waals surface area contributed by atoms with Crippen LogP contribution in [0.2, 0.25) is 0 Å². The first-order chi connectivity index (χ1) is 9.19. The molecule has 1 amide bonds. The molecule has 106 valence electrons.